The molecule has 2 rings (SSSR count). The summed E-state index contributed by atoms with van der Waals surface area (Å²) in [5, 5.41) is 9.97. The minimum atomic E-state index is -0.312. The molecule has 1 N–H and O–H groups in total. The van der Waals surface area contributed by atoms with E-state index in [1.807, 2.05) is 18.2 Å². The Morgan fingerprint density at radius 2 is 1.77 bits per heavy atom. The number of methoxy groups -OCH3 is 1. The molecule has 0 aliphatic carbocycles. The highest BCUT2D eigenvalue weighted by atomic mass is 16.5. The predicted octanol–water partition coefficient (Wildman–Crippen LogP) is 4.31. The van der Waals surface area contributed by atoms with Crippen LogP contribution >= 0.6 is 0 Å². The second-order valence-electron chi connectivity index (χ2n) is 6.52. The van der Waals surface area contributed by atoms with E-state index in [1.165, 1.54) is 11.1 Å². The molecule has 0 saturated heterocycles. The molecule has 22 heavy (non-hydrogen) atoms. The molecule has 0 radical (unpaired) electrons. The molecule has 1 unspecified atom stereocenters. The molecular weight excluding hydrogens is 272 g/mol. The zero-order valence-corrected chi connectivity index (χ0v) is 14.0. The van der Waals surface area contributed by atoms with Gasteiger partial charge in [0.15, 0.2) is 0 Å². The van der Waals surface area contributed by atoms with Crippen LogP contribution in [0.2, 0.25) is 0 Å². The lowest BCUT2D eigenvalue weighted by atomic mass is 9.78. The number of ether oxygens (including phenoxy) is 1. The Morgan fingerprint density at radius 3 is 2.32 bits per heavy atom. The predicted molar refractivity (Wildman–Crippen MR) is 91.7 cm³/mol. The number of aliphatic hydroxyl groups is 1. The van der Waals surface area contributed by atoms with E-state index >= 15 is 0 Å². The Labute approximate surface area is 133 Å². The third kappa shape index (κ3) is 3.69. The van der Waals surface area contributed by atoms with Crippen molar-refractivity contribution in [3.05, 3.63) is 65.2 Å². The highest BCUT2D eigenvalue weighted by molar-refractivity contribution is 5.36. The van der Waals surface area contributed by atoms with Gasteiger partial charge in [0.05, 0.1) is 13.7 Å². The Hall–Kier alpha value is -1.80. The van der Waals surface area contributed by atoms with Gasteiger partial charge in [0.1, 0.15) is 5.75 Å². The molecule has 0 spiro atoms. The number of aliphatic hydroxyl groups excluding tert-OH is 1. The van der Waals surface area contributed by atoms with Crippen molar-refractivity contribution in [2.24, 2.45) is 0 Å². The summed E-state index contributed by atoms with van der Waals surface area (Å²) in [7, 11) is 1.67. The molecule has 0 bridgehead atoms. The van der Waals surface area contributed by atoms with E-state index in [-0.39, 0.29) is 12.0 Å². The minimum Gasteiger partial charge on any atom is -0.497 e. The van der Waals surface area contributed by atoms with Gasteiger partial charge in [-0.1, -0.05) is 57.2 Å². The molecule has 0 heterocycles. The molecule has 2 nitrogen and oxygen atoms in total. The third-order valence-corrected chi connectivity index (χ3v) is 4.36. The fraction of sp³-hybridized carbons (Fsp3) is 0.400. The quantitative estimate of drug-likeness (QED) is 0.861. The van der Waals surface area contributed by atoms with Gasteiger partial charge in [-0.15, -0.1) is 0 Å². The van der Waals surface area contributed by atoms with Gasteiger partial charge in [-0.2, -0.15) is 0 Å². The molecule has 0 aliphatic heterocycles. The summed E-state index contributed by atoms with van der Waals surface area (Å²) in [5.74, 6) is 1.36. The van der Waals surface area contributed by atoms with Crippen molar-refractivity contribution in [1.29, 1.82) is 0 Å². The molecule has 2 aromatic rings. The van der Waals surface area contributed by atoms with Crippen molar-refractivity contribution in [3.63, 3.8) is 0 Å². The second-order valence-corrected chi connectivity index (χ2v) is 6.52. The smallest absolute Gasteiger partial charge is 0.119 e. The zero-order valence-electron chi connectivity index (χ0n) is 14.0. The maximum Gasteiger partial charge on any atom is 0.119 e. The van der Waals surface area contributed by atoms with Gasteiger partial charge in [0.25, 0.3) is 0 Å². The molecule has 0 amide bonds. The van der Waals surface area contributed by atoms with Crippen LogP contribution in [0.4, 0.5) is 0 Å². The summed E-state index contributed by atoms with van der Waals surface area (Å²) in [6.07, 6.45) is 0.801. The third-order valence-electron chi connectivity index (χ3n) is 4.36. The Morgan fingerprint density at radius 1 is 1.09 bits per heavy atom. The average Bonchev–Trinajstić information content (AvgIpc) is 2.55. The highest BCUT2D eigenvalue weighted by Gasteiger charge is 2.26. The maximum atomic E-state index is 9.97. The molecule has 0 aliphatic rings. The fourth-order valence-corrected chi connectivity index (χ4v) is 2.72. The monoisotopic (exact) mass is 298 g/mol. The summed E-state index contributed by atoms with van der Waals surface area (Å²) < 4.78 is 5.31. The van der Waals surface area contributed by atoms with E-state index < -0.39 is 0 Å². The van der Waals surface area contributed by atoms with Crippen LogP contribution in [0.25, 0.3) is 0 Å². The van der Waals surface area contributed by atoms with E-state index in [0.29, 0.717) is 5.92 Å². The van der Waals surface area contributed by atoms with E-state index in [0.717, 1.165) is 17.7 Å². The van der Waals surface area contributed by atoms with E-state index in [9.17, 15) is 5.11 Å². The topological polar surface area (TPSA) is 29.5 Å². The summed E-state index contributed by atoms with van der Waals surface area (Å²) in [4.78, 5) is 0. The van der Waals surface area contributed by atoms with Gasteiger partial charge in [-0.25, -0.2) is 0 Å². The average molecular weight is 298 g/mol. The van der Waals surface area contributed by atoms with Gasteiger partial charge >= 0.3 is 0 Å². The van der Waals surface area contributed by atoms with Crippen molar-refractivity contribution in [1.82, 2.24) is 0 Å². The van der Waals surface area contributed by atoms with Crippen molar-refractivity contribution in [3.8, 4) is 5.75 Å². The van der Waals surface area contributed by atoms with E-state index in [4.69, 9.17) is 4.74 Å². The molecule has 118 valence electrons. The number of hydrogen-bond acceptors (Lipinski definition) is 2. The van der Waals surface area contributed by atoms with Gasteiger partial charge in [-0.05, 0) is 41.2 Å². The van der Waals surface area contributed by atoms with Crippen molar-refractivity contribution in [2.45, 2.75) is 38.5 Å². The van der Waals surface area contributed by atoms with E-state index in [2.05, 4.69) is 51.1 Å². The Bertz CT molecular complexity index is 601. The van der Waals surface area contributed by atoms with Crippen LogP contribution in [-0.4, -0.2) is 18.8 Å². The van der Waals surface area contributed by atoms with Gasteiger partial charge in [0.2, 0.25) is 0 Å². The largest absolute Gasteiger partial charge is 0.497 e. The standard InChI is InChI=1S/C20H26O2/c1-15(2)17-10-8-16(9-11-17)13-20(3,14-21)18-6-5-7-19(12-18)22-4/h5-12,15,21H,13-14H2,1-4H3. The fourth-order valence-electron chi connectivity index (χ4n) is 2.72. The maximum absolute atomic E-state index is 9.97. The molecule has 0 saturated carbocycles. The lowest BCUT2D eigenvalue weighted by molar-refractivity contribution is 0.204. The van der Waals surface area contributed by atoms with Crippen LogP contribution in [0.15, 0.2) is 48.5 Å². The van der Waals surface area contributed by atoms with Crippen molar-refractivity contribution in [2.75, 3.05) is 13.7 Å². The minimum absolute atomic E-state index is 0.103. The Balaban J connectivity index is 2.26. The first-order valence-electron chi connectivity index (χ1n) is 7.83. The van der Waals surface area contributed by atoms with Gasteiger partial charge < -0.3 is 9.84 Å². The first-order valence-corrected chi connectivity index (χ1v) is 7.83. The summed E-state index contributed by atoms with van der Waals surface area (Å²) >= 11 is 0. The Kier molecular flexibility index (Phi) is 5.25. The number of hydrogen-bond donors (Lipinski definition) is 1. The SMILES string of the molecule is COc1cccc(C(C)(CO)Cc2ccc(C(C)C)cc2)c1. The molecule has 0 fully saturated rings. The van der Waals surface area contributed by atoms with Gasteiger partial charge in [0, 0.05) is 5.41 Å². The summed E-state index contributed by atoms with van der Waals surface area (Å²) in [6, 6.07) is 16.7. The van der Waals surface area contributed by atoms with Crippen LogP contribution in [0, 0.1) is 0 Å². The normalized spacial score (nSPS) is 13.9. The van der Waals surface area contributed by atoms with Crippen molar-refractivity contribution >= 4 is 0 Å². The zero-order chi connectivity index (χ0) is 16.2. The molecular formula is C20H26O2. The molecule has 1 atom stereocenters. The highest BCUT2D eigenvalue weighted by Crippen LogP contribution is 2.30. The second kappa shape index (κ2) is 6.97. The van der Waals surface area contributed by atoms with Crippen LogP contribution in [0.3, 0.4) is 0 Å². The lowest BCUT2D eigenvalue weighted by Gasteiger charge is -2.28. The number of rotatable bonds is 6. The summed E-state index contributed by atoms with van der Waals surface area (Å²) in [5.41, 5.74) is 3.37. The van der Waals surface area contributed by atoms with Crippen LogP contribution in [-0.2, 0) is 11.8 Å². The first-order chi connectivity index (χ1) is 10.5. The summed E-state index contributed by atoms with van der Waals surface area (Å²) in [6.45, 7) is 6.59. The van der Waals surface area contributed by atoms with Gasteiger partial charge in [-0.3, -0.25) is 0 Å². The van der Waals surface area contributed by atoms with Crippen molar-refractivity contribution < 1.29 is 9.84 Å². The molecule has 2 heteroatoms. The number of benzene rings is 2. The van der Waals surface area contributed by atoms with Crippen LogP contribution in [0.1, 0.15) is 43.4 Å². The molecule has 2 aromatic carbocycles. The molecule has 0 aromatic heterocycles. The van der Waals surface area contributed by atoms with E-state index in [1.54, 1.807) is 7.11 Å². The lowest BCUT2D eigenvalue weighted by Crippen LogP contribution is -2.29. The van der Waals surface area contributed by atoms with Crippen LogP contribution in [0.5, 0.6) is 5.75 Å². The first kappa shape index (κ1) is 16.6. The van der Waals surface area contributed by atoms with Crippen LogP contribution < -0.4 is 4.74 Å².